The highest BCUT2D eigenvalue weighted by molar-refractivity contribution is 5.92. The van der Waals surface area contributed by atoms with Crippen LogP contribution in [0.25, 0.3) is 0 Å². The van der Waals surface area contributed by atoms with Crippen molar-refractivity contribution >= 4 is 35.3 Å². The Bertz CT molecular complexity index is 1250. The summed E-state index contributed by atoms with van der Waals surface area (Å²) in [4.78, 5) is 73.2. The van der Waals surface area contributed by atoms with Crippen molar-refractivity contribution in [2.24, 2.45) is 34.5 Å². The second kappa shape index (κ2) is 12.7. The number of aliphatic carboxylic acids is 1. The SMILES string of the molecule is CC(C)[C@H](NC(=O)CNC(=O)CCC(=O)OCC(=O)[C@@]1(O)CC[C@@H]2[C@H]3CCC4=CC(=O)CC[C@]4(C)[C@H]3[C@@H](O)C[C@@]21C)C(=O)O. The summed E-state index contributed by atoms with van der Waals surface area (Å²) in [5.41, 5.74) is -1.88. The second-order valence-electron chi connectivity index (χ2n) is 14.0. The summed E-state index contributed by atoms with van der Waals surface area (Å²) < 4.78 is 5.14. The molecule has 3 saturated carbocycles. The molecular formula is C32H46N2O10. The van der Waals surface area contributed by atoms with Crippen LogP contribution in [-0.2, 0) is 33.5 Å². The lowest BCUT2D eigenvalue weighted by Crippen LogP contribution is -2.62. The molecular weight excluding hydrogens is 572 g/mol. The van der Waals surface area contributed by atoms with E-state index in [1.165, 1.54) is 0 Å². The van der Waals surface area contributed by atoms with E-state index in [9.17, 15) is 39.0 Å². The standard InChI is InChI=1S/C32H46N2O10/c1-17(2)28(29(41)42)34-25(39)15-33-24(38)7-8-26(40)44-16-23(37)32(43)12-10-21-20-6-5-18-13-19(35)9-11-30(18,3)27(20)22(36)14-31(21,32)4/h13,17,20-22,27-28,36,43H,5-12,14-16H2,1-4H3,(H,33,38)(H,34,39)(H,41,42)/t20-,21-,22+,27-,28+,30+,31+,32+/m1/s1. The molecule has 4 aliphatic carbocycles. The minimum atomic E-state index is -1.78. The van der Waals surface area contributed by atoms with Gasteiger partial charge in [-0.15, -0.1) is 0 Å². The highest BCUT2D eigenvalue weighted by Gasteiger charge is 2.68. The number of carbonyl (C=O) groups excluding carboxylic acids is 5. The zero-order valence-electron chi connectivity index (χ0n) is 26.0. The number of carboxylic acid groups (broad SMARTS) is 1. The number of carbonyl (C=O) groups is 6. The molecule has 0 spiro atoms. The van der Waals surface area contributed by atoms with E-state index in [1.807, 2.05) is 6.92 Å². The van der Waals surface area contributed by atoms with Crippen molar-refractivity contribution in [3.63, 3.8) is 0 Å². The van der Waals surface area contributed by atoms with E-state index >= 15 is 0 Å². The van der Waals surface area contributed by atoms with Crippen molar-refractivity contribution in [1.82, 2.24) is 10.6 Å². The van der Waals surface area contributed by atoms with E-state index in [4.69, 9.17) is 9.84 Å². The molecule has 0 radical (unpaired) electrons. The van der Waals surface area contributed by atoms with Crippen LogP contribution >= 0.6 is 0 Å². The first-order chi connectivity index (χ1) is 20.5. The Morgan fingerprint density at radius 3 is 2.41 bits per heavy atom. The third kappa shape index (κ3) is 6.20. The summed E-state index contributed by atoms with van der Waals surface area (Å²) in [6, 6.07) is -1.10. The predicted octanol–water partition coefficient (Wildman–Crippen LogP) is 1.45. The normalized spacial score (nSPS) is 35.0. The number of esters is 1. The lowest BCUT2D eigenvalue weighted by molar-refractivity contribution is -0.184. The van der Waals surface area contributed by atoms with Gasteiger partial charge in [-0.05, 0) is 73.7 Å². The van der Waals surface area contributed by atoms with Gasteiger partial charge in [0, 0.05) is 18.3 Å². The number of hydrogen-bond donors (Lipinski definition) is 5. The van der Waals surface area contributed by atoms with Crippen molar-refractivity contribution in [2.75, 3.05) is 13.2 Å². The number of hydrogen-bond acceptors (Lipinski definition) is 9. The quantitative estimate of drug-likeness (QED) is 0.211. The van der Waals surface area contributed by atoms with Crippen molar-refractivity contribution < 1.29 is 48.8 Å². The molecule has 5 N–H and O–H groups in total. The molecule has 0 aromatic heterocycles. The Labute approximate surface area is 257 Å². The molecule has 0 bridgehead atoms. The second-order valence-corrected chi connectivity index (χ2v) is 14.0. The van der Waals surface area contributed by atoms with Crippen LogP contribution in [0.1, 0.15) is 85.5 Å². The molecule has 0 heterocycles. The average Bonchev–Trinajstić information content (AvgIpc) is 3.22. The zero-order valence-corrected chi connectivity index (χ0v) is 26.0. The zero-order chi connectivity index (χ0) is 32.6. The molecule has 0 aromatic carbocycles. The largest absolute Gasteiger partial charge is 0.480 e. The minimum absolute atomic E-state index is 0.0104. The maximum atomic E-state index is 13.4. The predicted molar refractivity (Wildman–Crippen MR) is 156 cm³/mol. The number of aliphatic hydroxyl groups excluding tert-OH is 1. The van der Waals surface area contributed by atoms with Crippen LogP contribution in [0.3, 0.4) is 0 Å². The molecule has 4 aliphatic rings. The van der Waals surface area contributed by atoms with Crippen molar-refractivity contribution in [1.29, 1.82) is 0 Å². The molecule has 0 aromatic rings. The minimum Gasteiger partial charge on any atom is -0.480 e. The molecule has 3 fully saturated rings. The first kappa shape index (κ1) is 33.8. The van der Waals surface area contributed by atoms with Gasteiger partial charge >= 0.3 is 11.9 Å². The highest BCUT2D eigenvalue weighted by Crippen LogP contribution is 2.67. The lowest BCUT2D eigenvalue weighted by atomic mass is 9.45. The molecule has 8 atom stereocenters. The Morgan fingerprint density at radius 2 is 1.75 bits per heavy atom. The number of amides is 2. The molecule has 12 heteroatoms. The van der Waals surface area contributed by atoms with Crippen LogP contribution in [0, 0.1) is 34.5 Å². The molecule has 12 nitrogen and oxygen atoms in total. The van der Waals surface area contributed by atoms with Crippen LogP contribution in [0.2, 0.25) is 0 Å². The van der Waals surface area contributed by atoms with Crippen LogP contribution in [0.15, 0.2) is 11.6 Å². The van der Waals surface area contributed by atoms with Gasteiger partial charge in [0.1, 0.15) is 11.6 Å². The van der Waals surface area contributed by atoms with Crippen LogP contribution in [-0.4, -0.2) is 81.5 Å². The van der Waals surface area contributed by atoms with E-state index in [-0.39, 0.29) is 60.6 Å². The van der Waals surface area contributed by atoms with E-state index in [0.717, 1.165) is 18.4 Å². The van der Waals surface area contributed by atoms with Gasteiger partial charge in [-0.25, -0.2) is 4.79 Å². The van der Waals surface area contributed by atoms with Gasteiger partial charge in [0.25, 0.3) is 0 Å². The Morgan fingerprint density at radius 1 is 1.05 bits per heavy atom. The van der Waals surface area contributed by atoms with Gasteiger partial charge in [-0.2, -0.15) is 0 Å². The van der Waals surface area contributed by atoms with Gasteiger partial charge in [-0.1, -0.05) is 33.3 Å². The maximum absolute atomic E-state index is 13.4. The van der Waals surface area contributed by atoms with Gasteiger partial charge < -0.3 is 30.7 Å². The van der Waals surface area contributed by atoms with E-state index < -0.39 is 65.8 Å². The number of aliphatic hydroxyl groups is 2. The van der Waals surface area contributed by atoms with Crippen molar-refractivity contribution in [3.05, 3.63) is 11.6 Å². The molecule has 244 valence electrons. The van der Waals surface area contributed by atoms with Gasteiger partial charge in [0.2, 0.25) is 17.6 Å². The fourth-order valence-corrected chi connectivity index (χ4v) is 8.71. The topological polar surface area (TPSA) is 196 Å². The summed E-state index contributed by atoms with van der Waals surface area (Å²) >= 11 is 0. The van der Waals surface area contributed by atoms with Crippen molar-refractivity contribution in [2.45, 2.75) is 103 Å². The summed E-state index contributed by atoms with van der Waals surface area (Å²) in [6.07, 6.45) is 4.02. The highest BCUT2D eigenvalue weighted by atomic mass is 16.5. The smallest absolute Gasteiger partial charge is 0.326 e. The fourth-order valence-electron chi connectivity index (χ4n) is 8.71. The monoisotopic (exact) mass is 618 g/mol. The maximum Gasteiger partial charge on any atom is 0.326 e. The molecule has 0 saturated heterocycles. The van der Waals surface area contributed by atoms with Crippen LogP contribution < -0.4 is 10.6 Å². The lowest BCUT2D eigenvalue weighted by Gasteiger charge is -2.60. The first-order valence-corrected chi connectivity index (χ1v) is 15.7. The van der Waals surface area contributed by atoms with E-state index in [1.54, 1.807) is 19.9 Å². The number of ether oxygens (including phenoxy) is 1. The first-order valence-electron chi connectivity index (χ1n) is 15.7. The third-order valence-electron chi connectivity index (χ3n) is 11.1. The number of nitrogens with one attached hydrogen (secondary N) is 2. The van der Waals surface area contributed by atoms with Gasteiger partial charge in [0.05, 0.1) is 19.1 Å². The number of rotatable bonds is 11. The van der Waals surface area contributed by atoms with Crippen molar-refractivity contribution in [3.8, 4) is 0 Å². The summed E-state index contributed by atoms with van der Waals surface area (Å²) in [5.74, 6) is -4.16. The number of fused-ring (bicyclic) bond motifs is 5. The number of Topliss-reactive ketones (excluding diaryl/α,β-unsaturated/α-hetero) is 1. The average molecular weight is 619 g/mol. The van der Waals surface area contributed by atoms with Crippen LogP contribution in [0.5, 0.6) is 0 Å². The molecule has 0 unspecified atom stereocenters. The van der Waals surface area contributed by atoms with Crippen LogP contribution in [0.4, 0.5) is 0 Å². The van der Waals surface area contributed by atoms with E-state index in [0.29, 0.717) is 19.3 Å². The summed E-state index contributed by atoms with van der Waals surface area (Å²) in [7, 11) is 0. The summed E-state index contributed by atoms with van der Waals surface area (Å²) in [5, 5.41) is 37.1. The molecule has 0 aliphatic heterocycles. The molecule has 2 amide bonds. The third-order valence-corrected chi connectivity index (χ3v) is 11.1. The number of allylic oxidation sites excluding steroid dienone is 1. The number of carboxylic acids is 1. The van der Waals surface area contributed by atoms with Gasteiger partial charge in [-0.3, -0.25) is 24.0 Å². The summed E-state index contributed by atoms with van der Waals surface area (Å²) in [6.45, 7) is 6.13. The Kier molecular flexibility index (Phi) is 9.75. The molecule has 44 heavy (non-hydrogen) atoms. The van der Waals surface area contributed by atoms with E-state index in [2.05, 4.69) is 17.6 Å². The molecule has 4 rings (SSSR count). The van der Waals surface area contributed by atoms with Gasteiger partial charge in [0.15, 0.2) is 12.4 Å². The number of ketones is 2. The Balaban J connectivity index is 1.29. The fraction of sp³-hybridized carbons (Fsp3) is 0.750. The Hall–Kier alpha value is -3.12.